The van der Waals surface area contributed by atoms with Crippen LogP contribution >= 0.6 is 0 Å². The van der Waals surface area contributed by atoms with Crippen LogP contribution in [0.1, 0.15) is 23.2 Å². The molecule has 1 aliphatic heterocycles. The average Bonchev–Trinajstić information content (AvgIpc) is 3.14. The van der Waals surface area contributed by atoms with Gasteiger partial charge in [0.1, 0.15) is 0 Å². The number of anilines is 3. The highest BCUT2D eigenvalue weighted by Gasteiger charge is 2.15. The molecule has 2 heterocycles. The van der Waals surface area contributed by atoms with Gasteiger partial charge >= 0.3 is 5.97 Å². The van der Waals surface area contributed by atoms with Gasteiger partial charge < -0.3 is 20.1 Å². The summed E-state index contributed by atoms with van der Waals surface area (Å²) in [4.78, 5) is 15.8. The van der Waals surface area contributed by atoms with Crippen LogP contribution in [0.15, 0.2) is 30.5 Å². The van der Waals surface area contributed by atoms with Crippen LogP contribution in [0.3, 0.4) is 0 Å². The maximum atomic E-state index is 11.4. The molecule has 0 bridgehead atoms. The molecule has 1 aromatic carbocycles. The highest BCUT2D eigenvalue weighted by molar-refractivity contribution is 5.89. The van der Waals surface area contributed by atoms with Crippen molar-refractivity contribution in [3.8, 4) is 0 Å². The van der Waals surface area contributed by atoms with E-state index in [1.807, 2.05) is 0 Å². The molecule has 1 atom stereocenters. The molecule has 2 N–H and O–H groups in total. The Balaban J connectivity index is 1.60. The van der Waals surface area contributed by atoms with Crippen molar-refractivity contribution in [1.82, 2.24) is 15.2 Å². The second kappa shape index (κ2) is 7.69. The van der Waals surface area contributed by atoms with Gasteiger partial charge in [0, 0.05) is 18.8 Å². The molecular weight excluding hydrogens is 310 g/mol. The van der Waals surface area contributed by atoms with Crippen molar-refractivity contribution in [1.29, 1.82) is 0 Å². The largest absolute Gasteiger partial charge is 0.465 e. The summed E-state index contributed by atoms with van der Waals surface area (Å²) in [6.45, 7) is 1.52. The minimum absolute atomic E-state index is 0.224. The number of ether oxygens (including phenoxy) is 2. The van der Waals surface area contributed by atoms with E-state index in [1.165, 1.54) is 7.11 Å². The van der Waals surface area contributed by atoms with Gasteiger partial charge in [-0.25, -0.2) is 4.79 Å². The van der Waals surface area contributed by atoms with Gasteiger partial charge in [0.2, 0.25) is 5.95 Å². The first-order valence-corrected chi connectivity index (χ1v) is 7.75. The number of hydrogen-bond donors (Lipinski definition) is 2. The molecule has 1 saturated heterocycles. The van der Waals surface area contributed by atoms with Gasteiger partial charge in [0.15, 0.2) is 5.82 Å². The van der Waals surface area contributed by atoms with Crippen LogP contribution in [0.4, 0.5) is 17.5 Å². The molecule has 1 unspecified atom stereocenters. The zero-order valence-electron chi connectivity index (χ0n) is 13.4. The molecule has 2 aromatic rings. The van der Waals surface area contributed by atoms with E-state index in [-0.39, 0.29) is 12.1 Å². The maximum Gasteiger partial charge on any atom is 0.337 e. The third kappa shape index (κ3) is 4.17. The van der Waals surface area contributed by atoms with Crippen LogP contribution in [-0.2, 0) is 9.47 Å². The highest BCUT2D eigenvalue weighted by atomic mass is 16.5. The standard InChI is InChI=1S/C16H19N5O3/c1-23-15(22)11-4-6-12(7-5-11)19-16-20-14(10-18-21-16)17-9-13-3-2-8-24-13/h4-7,10,13H,2-3,8-9H2,1H3,(H2,17,19,20,21). The number of hydrogen-bond acceptors (Lipinski definition) is 8. The Morgan fingerprint density at radius 1 is 1.38 bits per heavy atom. The van der Waals surface area contributed by atoms with E-state index in [1.54, 1.807) is 30.5 Å². The SMILES string of the molecule is COC(=O)c1ccc(Nc2nncc(NCC3CCCO3)n2)cc1. The zero-order valence-corrected chi connectivity index (χ0v) is 13.4. The van der Waals surface area contributed by atoms with Crippen molar-refractivity contribution in [2.45, 2.75) is 18.9 Å². The topological polar surface area (TPSA) is 98.3 Å². The van der Waals surface area contributed by atoms with E-state index in [0.717, 1.165) is 25.1 Å². The molecule has 1 aliphatic rings. The molecule has 1 aromatic heterocycles. The molecule has 126 valence electrons. The summed E-state index contributed by atoms with van der Waals surface area (Å²) in [5.74, 6) is 0.632. The zero-order chi connectivity index (χ0) is 16.8. The van der Waals surface area contributed by atoms with Crippen LogP contribution in [0, 0.1) is 0 Å². The molecule has 0 spiro atoms. The molecule has 0 saturated carbocycles. The second-order valence-corrected chi connectivity index (χ2v) is 5.38. The van der Waals surface area contributed by atoms with Crippen molar-refractivity contribution >= 4 is 23.4 Å². The summed E-state index contributed by atoms with van der Waals surface area (Å²) in [5.41, 5.74) is 1.23. The van der Waals surface area contributed by atoms with Crippen molar-refractivity contribution in [2.75, 3.05) is 30.9 Å². The van der Waals surface area contributed by atoms with Gasteiger partial charge in [-0.3, -0.25) is 0 Å². The van der Waals surface area contributed by atoms with Crippen LogP contribution in [0.25, 0.3) is 0 Å². The number of methoxy groups -OCH3 is 1. The van der Waals surface area contributed by atoms with Crippen LogP contribution < -0.4 is 10.6 Å². The molecule has 24 heavy (non-hydrogen) atoms. The molecule has 8 heteroatoms. The minimum atomic E-state index is -0.375. The number of nitrogens with zero attached hydrogens (tertiary/aromatic N) is 3. The van der Waals surface area contributed by atoms with Gasteiger partial charge in [-0.05, 0) is 37.1 Å². The first-order chi connectivity index (χ1) is 11.7. The average molecular weight is 329 g/mol. The molecule has 0 amide bonds. The Bertz CT molecular complexity index is 686. The van der Waals surface area contributed by atoms with E-state index in [2.05, 4.69) is 30.6 Å². The van der Waals surface area contributed by atoms with Gasteiger partial charge in [-0.2, -0.15) is 10.1 Å². The van der Waals surface area contributed by atoms with Crippen molar-refractivity contribution in [3.05, 3.63) is 36.0 Å². The fourth-order valence-electron chi connectivity index (χ4n) is 2.40. The summed E-state index contributed by atoms with van der Waals surface area (Å²) in [5, 5.41) is 14.1. The quantitative estimate of drug-likeness (QED) is 0.777. The Morgan fingerprint density at radius 3 is 2.92 bits per heavy atom. The normalized spacial score (nSPS) is 16.6. The van der Waals surface area contributed by atoms with Crippen molar-refractivity contribution in [2.24, 2.45) is 0 Å². The van der Waals surface area contributed by atoms with Crippen molar-refractivity contribution < 1.29 is 14.3 Å². The third-order valence-electron chi connectivity index (χ3n) is 3.66. The highest BCUT2D eigenvalue weighted by Crippen LogP contribution is 2.16. The summed E-state index contributed by atoms with van der Waals surface area (Å²) in [7, 11) is 1.35. The van der Waals surface area contributed by atoms with E-state index in [4.69, 9.17) is 4.74 Å². The van der Waals surface area contributed by atoms with Crippen molar-refractivity contribution in [3.63, 3.8) is 0 Å². The fraction of sp³-hybridized carbons (Fsp3) is 0.375. The van der Waals surface area contributed by atoms with Crippen LogP contribution in [0.5, 0.6) is 0 Å². The smallest absolute Gasteiger partial charge is 0.337 e. The summed E-state index contributed by atoms with van der Waals surface area (Å²) in [6.07, 6.45) is 3.95. The van der Waals surface area contributed by atoms with Crippen LogP contribution in [0.2, 0.25) is 0 Å². The van der Waals surface area contributed by atoms with E-state index in [0.29, 0.717) is 23.9 Å². The predicted octanol–water partition coefficient (Wildman–Crippen LogP) is 1.99. The summed E-state index contributed by atoms with van der Waals surface area (Å²) < 4.78 is 10.2. The molecule has 3 rings (SSSR count). The summed E-state index contributed by atoms with van der Waals surface area (Å²) in [6, 6.07) is 6.84. The van der Waals surface area contributed by atoms with E-state index >= 15 is 0 Å². The number of carbonyl (C=O) groups is 1. The summed E-state index contributed by atoms with van der Waals surface area (Å²) >= 11 is 0. The molecule has 8 nitrogen and oxygen atoms in total. The monoisotopic (exact) mass is 329 g/mol. The van der Waals surface area contributed by atoms with Gasteiger partial charge in [0.05, 0.1) is 25.0 Å². The second-order valence-electron chi connectivity index (χ2n) is 5.38. The Hall–Kier alpha value is -2.74. The predicted molar refractivity (Wildman–Crippen MR) is 88.4 cm³/mol. The lowest BCUT2D eigenvalue weighted by Gasteiger charge is -2.11. The third-order valence-corrected chi connectivity index (χ3v) is 3.66. The van der Waals surface area contributed by atoms with Gasteiger partial charge in [-0.15, -0.1) is 5.10 Å². The Kier molecular flexibility index (Phi) is 5.17. The van der Waals surface area contributed by atoms with E-state index in [9.17, 15) is 4.79 Å². The molecule has 0 radical (unpaired) electrons. The van der Waals surface area contributed by atoms with Crippen LogP contribution in [-0.4, -0.2) is 47.5 Å². The number of carbonyl (C=O) groups excluding carboxylic acids is 1. The number of benzene rings is 1. The molecule has 1 fully saturated rings. The minimum Gasteiger partial charge on any atom is -0.465 e. The molecule has 0 aliphatic carbocycles. The molecular formula is C16H19N5O3. The number of rotatable bonds is 6. The first-order valence-electron chi connectivity index (χ1n) is 7.75. The Morgan fingerprint density at radius 2 is 2.21 bits per heavy atom. The number of nitrogens with one attached hydrogen (secondary N) is 2. The first kappa shape index (κ1) is 16.1. The lowest BCUT2D eigenvalue weighted by atomic mass is 10.2. The number of aromatic nitrogens is 3. The lowest BCUT2D eigenvalue weighted by molar-refractivity contribution is 0.0601. The number of esters is 1. The lowest BCUT2D eigenvalue weighted by Crippen LogP contribution is -2.19. The Labute approximate surface area is 139 Å². The van der Waals surface area contributed by atoms with E-state index < -0.39 is 0 Å². The maximum absolute atomic E-state index is 11.4. The van der Waals surface area contributed by atoms with Gasteiger partial charge in [0.25, 0.3) is 0 Å². The fourth-order valence-corrected chi connectivity index (χ4v) is 2.40. The van der Waals surface area contributed by atoms with Gasteiger partial charge in [-0.1, -0.05) is 0 Å².